The minimum absolute atomic E-state index is 0.136. The van der Waals surface area contributed by atoms with Gasteiger partial charge in [-0.2, -0.15) is 0 Å². The normalized spacial score (nSPS) is 10.9. The third kappa shape index (κ3) is 4.24. The van der Waals surface area contributed by atoms with Crippen molar-refractivity contribution in [1.82, 2.24) is 4.98 Å². The maximum absolute atomic E-state index is 13.0. The average Bonchev–Trinajstić information content (AvgIpc) is 3.25. The average molecular weight is 532 g/mol. The van der Waals surface area contributed by atoms with E-state index in [0.717, 1.165) is 41.2 Å². The quantitative estimate of drug-likeness (QED) is 0.244. The van der Waals surface area contributed by atoms with E-state index in [1.807, 2.05) is 72.8 Å². The van der Waals surface area contributed by atoms with Crippen LogP contribution in [0.4, 0.5) is 5.69 Å². The Hall–Kier alpha value is -3.03. The van der Waals surface area contributed by atoms with Gasteiger partial charge in [0.2, 0.25) is 0 Å². The number of hydrogen-bond acceptors (Lipinski definition) is 3. The second kappa shape index (κ2) is 8.61. The fourth-order valence-corrected chi connectivity index (χ4v) is 4.92. The lowest BCUT2D eigenvalue weighted by Gasteiger charge is -2.11. The number of fused-ring (bicyclic) bond motifs is 1. The second-order valence-electron chi connectivity index (χ2n) is 7.07. The molecule has 0 fully saturated rings. The van der Waals surface area contributed by atoms with E-state index >= 15 is 0 Å². The molecule has 5 rings (SSSR count). The van der Waals surface area contributed by atoms with E-state index in [2.05, 4.69) is 52.2 Å². The van der Waals surface area contributed by atoms with E-state index in [0.29, 0.717) is 5.56 Å². The van der Waals surface area contributed by atoms with Crippen molar-refractivity contribution in [2.75, 3.05) is 5.32 Å². The van der Waals surface area contributed by atoms with Gasteiger partial charge in [0.05, 0.1) is 15.9 Å². The van der Waals surface area contributed by atoms with Gasteiger partial charge in [0.1, 0.15) is 5.01 Å². The lowest BCUT2D eigenvalue weighted by molar-refractivity contribution is 0.102. The SMILES string of the molecule is O=C(Nc1ccc(I)cc1-c1nc2ccccc2s1)c1ccc(-c2ccccc2)cc1. The summed E-state index contributed by atoms with van der Waals surface area (Å²) >= 11 is 3.92. The lowest BCUT2D eigenvalue weighted by Crippen LogP contribution is -2.12. The molecule has 0 saturated carbocycles. The fraction of sp³-hybridized carbons (Fsp3) is 0. The first-order valence-electron chi connectivity index (χ1n) is 9.80. The monoisotopic (exact) mass is 532 g/mol. The van der Waals surface area contributed by atoms with Crippen molar-refractivity contribution in [2.45, 2.75) is 0 Å². The number of carbonyl (C=O) groups is 1. The number of carbonyl (C=O) groups excluding carboxylic acids is 1. The molecule has 3 nitrogen and oxygen atoms in total. The number of rotatable bonds is 4. The van der Waals surface area contributed by atoms with Crippen LogP contribution in [-0.2, 0) is 0 Å². The van der Waals surface area contributed by atoms with Gasteiger partial charge >= 0.3 is 0 Å². The van der Waals surface area contributed by atoms with Crippen molar-refractivity contribution in [3.8, 4) is 21.7 Å². The fourth-order valence-electron chi connectivity index (χ4n) is 3.43. The Balaban J connectivity index is 1.44. The summed E-state index contributed by atoms with van der Waals surface area (Å²) in [6.07, 6.45) is 0. The van der Waals surface area contributed by atoms with Crippen molar-refractivity contribution in [2.24, 2.45) is 0 Å². The van der Waals surface area contributed by atoms with Gasteiger partial charge in [-0.15, -0.1) is 11.3 Å². The molecule has 0 unspecified atom stereocenters. The van der Waals surface area contributed by atoms with Crippen molar-refractivity contribution in [3.05, 3.63) is 106 Å². The van der Waals surface area contributed by atoms with E-state index in [4.69, 9.17) is 4.98 Å². The van der Waals surface area contributed by atoms with Crippen molar-refractivity contribution in [3.63, 3.8) is 0 Å². The maximum Gasteiger partial charge on any atom is 0.255 e. The second-order valence-corrected chi connectivity index (χ2v) is 9.35. The Morgan fingerprint density at radius 1 is 0.806 bits per heavy atom. The van der Waals surface area contributed by atoms with Gasteiger partial charge in [-0.05, 0) is 76.2 Å². The first-order chi connectivity index (χ1) is 15.2. The van der Waals surface area contributed by atoms with Crippen molar-refractivity contribution >= 4 is 55.7 Å². The van der Waals surface area contributed by atoms with Crippen LogP contribution in [0.2, 0.25) is 0 Å². The van der Waals surface area contributed by atoms with E-state index in [-0.39, 0.29) is 5.91 Å². The van der Waals surface area contributed by atoms with Crippen molar-refractivity contribution in [1.29, 1.82) is 0 Å². The Bertz CT molecular complexity index is 1340. The minimum Gasteiger partial charge on any atom is -0.321 e. The third-order valence-corrected chi connectivity index (χ3v) is 6.75. The minimum atomic E-state index is -0.136. The van der Waals surface area contributed by atoms with Crippen LogP contribution in [0.15, 0.2) is 97.1 Å². The van der Waals surface area contributed by atoms with Gasteiger partial charge < -0.3 is 5.32 Å². The van der Waals surface area contributed by atoms with Crippen LogP contribution in [-0.4, -0.2) is 10.9 Å². The van der Waals surface area contributed by atoms with Crippen LogP contribution in [0.25, 0.3) is 31.9 Å². The van der Waals surface area contributed by atoms with Gasteiger partial charge in [-0.25, -0.2) is 4.98 Å². The van der Waals surface area contributed by atoms with E-state index in [1.54, 1.807) is 11.3 Å². The zero-order valence-corrected chi connectivity index (χ0v) is 19.4. The number of benzene rings is 4. The molecule has 0 saturated heterocycles. The van der Waals surface area contributed by atoms with E-state index < -0.39 is 0 Å². The summed E-state index contributed by atoms with van der Waals surface area (Å²) in [5, 5.41) is 3.98. The molecule has 4 aromatic carbocycles. The van der Waals surface area contributed by atoms with Crippen LogP contribution in [0.3, 0.4) is 0 Å². The molecule has 0 radical (unpaired) electrons. The van der Waals surface area contributed by atoms with Gasteiger partial charge in [-0.1, -0.05) is 54.6 Å². The summed E-state index contributed by atoms with van der Waals surface area (Å²) in [4.78, 5) is 17.7. The zero-order valence-electron chi connectivity index (χ0n) is 16.4. The highest BCUT2D eigenvalue weighted by Crippen LogP contribution is 2.35. The number of thiazole rings is 1. The Kier molecular flexibility index (Phi) is 5.53. The zero-order chi connectivity index (χ0) is 21.2. The van der Waals surface area contributed by atoms with Crippen LogP contribution in [0, 0.1) is 3.57 Å². The number of halogens is 1. The Morgan fingerprint density at radius 3 is 2.29 bits per heavy atom. The Labute approximate surface area is 197 Å². The molecule has 0 atom stereocenters. The standard InChI is InChI=1S/C26H17IN2OS/c27-20-14-15-22(21(16-20)26-29-23-8-4-5-9-24(23)31-26)28-25(30)19-12-10-18(11-13-19)17-6-2-1-3-7-17/h1-16H,(H,28,30). The molecule has 5 heteroatoms. The molecule has 1 N–H and O–H groups in total. The molecule has 31 heavy (non-hydrogen) atoms. The molecule has 0 aliphatic carbocycles. The smallest absolute Gasteiger partial charge is 0.255 e. The summed E-state index contributed by atoms with van der Waals surface area (Å²) in [6.45, 7) is 0. The molecule has 0 aliphatic rings. The van der Waals surface area contributed by atoms with E-state index in [9.17, 15) is 4.79 Å². The maximum atomic E-state index is 13.0. The molecule has 5 aromatic rings. The topological polar surface area (TPSA) is 42.0 Å². The highest BCUT2D eigenvalue weighted by atomic mass is 127. The van der Waals surface area contributed by atoms with Crippen molar-refractivity contribution < 1.29 is 4.79 Å². The number of nitrogens with one attached hydrogen (secondary N) is 1. The molecule has 1 heterocycles. The largest absolute Gasteiger partial charge is 0.321 e. The summed E-state index contributed by atoms with van der Waals surface area (Å²) in [7, 11) is 0. The highest BCUT2D eigenvalue weighted by molar-refractivity contribution is 14.1. The van der Waals surface area contributed by atoms with Gasteiger partial charge in [0.15, 0.2) is 0 Å². The first kappa shape index (κ1) is 19.9. The number of anilines is 1. The predicted molar refractivity (Wildman–Crippen MR) is 138 cm³/mol. The van der Waals surface area contributed by atoms with Crippen LogP contribution >= 0.6 is 33.9 Å². The molecular weight excluding hydrogens is 515 g/mol. The number of hydrogen-bond donors (Lipinski definition) is 1. The van der Waals surface area contributed by atoms with Crippen LogP contribution < -0.4 is 5.32 Å². The number of aromatic nitrogens is 1. The highest BCUT2D eigenvalue weighted by Gasteiger charge is 2.14. The summed E-state index contributed by atoms with van der Waals surface area (Å²) in [6, 6.07) is 31.9. The van der Waals surface area contributed by atoms with Gasteiger partial charge in [0.25, 0.3) is 5.91 Å². The number of nitrogens with zero attached hydrogens (tertiary/aromatic N) is 1. The molecular formula is C26H17IN2OS. The third-order valence-electron chi connectivity index (χ3n) is 5.01. The predicted octanol–water partition coefficient (Wildman–Crippen LogP) is 7.49. The van der Waals surface area contributed by atoms with Gasteiger partial charge in [0, 0.05) is 14.7 Å². The summed E-state index contributed by atoms with van der Waals surface area (Å²) in [5.41, 5.74) is 5.49. The van der Waals surface area contributed by atoms with E-state index in [1.165, 1.54) is 0 Å². The summed E-state index contributed by atoms with van der Waals surface area (Å²) in [5.74, 6) is -0.136. The number of para-hydroxylation sites is 1. The Morgan fingerprint density at radius 2 is 1.52 bits per heavy atom. The van der Waals surface area contributed by atoms with Gasteiger partial charge in [-0.3, -0.25) is 4.79 Å². The molecule has 0 spiro atoms. The molecule has 1 aromatic heterocycles. The van der Waals surface area contributed by atoms with Crippen LogP contribution in [0.5, 0.6) is 0 Å². The molecule has 1 amide bonds. The summed E-state index contributed by atoms with van der Waals surface area (Å²) < 4.78 is 2.22. The molecule has 0 bridgehead atoms. The number of amides is 1. The van der Waals surface area contributed by atoms with Crippen LogP contribution in [0.1, 0.15) is 10.4 Å². The lowest BCUT2D eigenvalue weighted by atomic mass is 10.0. The first-order valence-corrected chi connectivity index (χ1v) is 11.7. The molecule has 0 aliphatic heterocycles. The molecule has 150 valence electrons.